The molecule has 0 saturated heterocycles. The van der Waals surface area contributed by atoms with Crippen LogP contribution in [0.3, 0.4) is 0 Å². The first-order valence-corrected chi connectivity index (χ1v) is 19.2. The highest BCUT2D eigenvalue weighted by atomic mass is 16.5. The number of anilines is 1. The van der Waals surface area contributed by atoms with E-state index in [1.165, 1.54) is 32.8 Å². The summed E-state index contributed by atoms with van der Waals surface area (Å²) in [6.07, 6.45) is 13.2. The standard InChI is InChI=1S/C42H54N4O7/c1-5-8-11-14-23-49-36-28-34(29-37(50-24-15-12-9-6-2)38(36)51-25-16-13-10-7-3)40-44-43-39(53-40)32-20-18-22-35(27-32)46-30-52-41(45-46)31-19-17-21-33(26-31)42(47)48-4/h17-22,26-29H,5-16,23-25,30H2,1-4H3. The Labute approximate surface area is 313 Å². The van der Waals surface area contributed by atoms with Crippen molar-refractivity contribution in [1.82, 2.24) is 10.2 Å². The maximum absolute atomic E-state index is 12.0. The van der Waals surface area contributed by atoms with Gasteiger partial charge in [-0.25, -0.2) is 9.80 Å². The van der Waals surface area contributed by atoms with Crippen LogP contribution in [0.4, 0.5) is 5.69 Å². The van der Waals surface area contributed by atoms with Gasteiger partial charge in [0, 0.05) is 16.7 Å². The molecule has 4 aromatic rings. The summed E-state index contributed by atoms with van der Waals surface area (Å²) >= 11 is 0. The maximum Gasteiger partial charge on any atom is 0.337 e. The summed E-state index contributed by atoms with van der Waals surface area (Å²) in [5.74, 6) is 2.57. The predicted molar refractivity (Wildman–Crippen MR) is 207 cm³/mol. The molecular formula is C42H54N4O7. The van der Waals surface area contributed by atoms with Crippen LogP contribution in [0.5, 0.6) is 17.2 Å². The number of aromatic nitrogens is 2. The van der Waals surface area contributed by atoms with E-state index in [-0.39, 0.29) is 6.73 Å². The maximum atomic E-state index is 12.0. The molecule has 11 nitrogen and oxygen atoms in total. The number of hydrogen-bond donors (Lipinski definition) is 0. The van der Waals surface area contributed by atoms with Gasteiger partial charge in [0.1, 0.15) is 0 Å². The fourth-order valence-electron chi connectivity index (χ4n) is 5.90. The number of rotatable bonds is 23. The summed E-state index contributed by atoms with van der Waals surface area (Å²) in [5.41, 5.74) is 3.30. The van der Waals surface area contributed by atoms with Crippen LogP contribution in [0, 0.1) is 0 Å². The van der Waals surface area contributed by atoms with E-state index in [0.29, 0.717) is 71.4 Å². The van der Waals surface area contributed by atoms with E-state index < -0.39 is 5.97 Å². The lowest BCUT2D eigenvalue weighted by molar-refractivity contribution is 0.0600. The van der Waals surface area contributed by atoms with Crippen molar-refractivity contribution in [3.63, 3.8) is 0 Å². The van der Waals surface area contributed by atoms with Gasteiger partial charge >= 0.3 is 5.97 Å². The zero-order valence-corrected chi connectivity index (χ0v) is 31.7. The zero-order valence-electron chi connectivity index (χ0n) is 31.7. The second kappa shape index (κ2) is 20.8. The first kappa shape index (κ1) is 39.2. The average Bonchev–Trinajstić information content (AvgIpc) is 3.90. The quantitative estimate of drug-likeness (QED) is 0.0540. The van der Waals surface area contributed by atoms with Gasteiger partial charge in [0.2, 0.25) is 23.4 Å². The van der Waals surface area contributed by atoms with Crippen molar-refractivity contribution < 1.29 is 32.9 Å². The second-order valence-corrected chi connectivity index (χ2v) is 13.1. The number of unbranched alkanes of at least 4 members (excludes halogenated alkanes) is 9. The molecule has 53 heavy (non-hydrogen) atoms. The van der Waals surface area contributed by atoms with E-state index in [9.17, 15) is 4.79 Å². The van der Waals surface area contributed by atoms with Crippen molar-refractivity contribution in [2.24, 2.45) is 5.10 Å². The SMILES string of the molecule is CCCCCCOc1cc(-c2nnc(-c3cccc(N4COC(c5cccc(C(=O)OC)c5)=N4)c3)o2)cc(OCCCCCC)c1OCCCCCC. The molecule has 0 spiro atoms. The molecule has 3 aromatic carbocycles. The Kier molecular flexibility index (Phi) is 15.4. The van der Waals surface area contributed by atoms with E-state index in [1.807, 2.05) is 42.5 Å². The summed E-state index contributed by atoms with van der Waals surface area (Å²) in [4.78, 5) is 12.0. The predicted octanol–water partition coefficient (Wildman–Crippen LogP) is 10.2. The smallest absolute Gasteiger partial charge is 0.337 e. The number of benzene rings is 3. The highest BCUT2D eigenvalue weighted by molar-refractivity contribution is 5.99. The largest absolute Gasteiger partial charge is 0.490 e. The molecule has 11 heteroatoms. The number of hydrogen-bond acceptors (Lipinski definition) is 11. The monoisotopic (exact) mass is 726 g/mol. The normalized spacial score (nSPS) is 12.4. The fourth-order valence-corrected chi connectivity index (χ4v) is 5.90. The van der Waals surface area contributed by atoms with Gasteiger partial charge in [0.15, 0.2) is 18.2 Å². The Morgan fingerprint density at radius 3 is 1.89 bits per heavy atom. The van der Waals surface area contributed by atoms with Gasteiger partial charge in [-0.15, -0.1) is 15.3 Å². The Morgan fingerprint density at radius 1 is 0.679 bits per heavy atom. The Balaban J connectivity index is 1.39. The number of carbonyl (C=O) groups excluding carboxylic acids is 1. The van der Waals surface area contributed by atoms with Crippen molar-refractivity contribution in [2.75, 3.05) is 38.7 Å². The van der Waals surface area contributed by atoms with Gasteiger partial charge < -0.3 is 28.1 Å². The third-order valence-electron chi connectivity index (χ3n) is 8.90. The fraction of sp³-hybridized carbons (Fsp3) is 0.476. The number of carbonyl (C=O) groups is 1. The Morgan fingerprint density at radius 2 is 1.26 bits per heavy atom. The lowest BCUT2D eigenvalue weighted by Crippen LogP contribution is -2.12. The lowest BCUT2D eigenvalue weighted by atomic mass is 10.1. The number of nitrogens with zero attached hydrogens (tertiary/aromatic N) is 4. The van der Waals surface area contributed by atoms with E-state index >= 15 is 0 Å². The number of methoxy groups -OCH3 is 1. The van der Waals surface area contributed by atoms with Gasteiger partial charge in [0.05, 0.1) is 38.2 Å². The molecule has 0 bridgehead atoms. The molecule has 0 aliphatic carbocycles. The molecule has 0 radical (unpaired) electrons. The molecule has 0 amide bonds. The molecule has 0 N–H and O–H groups in total. The highest BCUT2D eigenvalue weighted by Crippen LogP contribution is 2.42. The molecule has 1 aliphatic rings. The van der Waals surface area contributed by atoms with Crippen LogP contribution >= 0.6 is 0 Å². The van der Waals surface area contributed by atoms with Crippen LogP contribution in [-0.2, 0) is 9.47 Å². The van der Waals surface area contributed by atoms with Crippen molar-refractivity contribution in [3.05, 3.63) is 71.8 Å². The molecule has 2 heterocycles. The summed E-state index contributed by atoms with van der Waals surface area (Å²) in [7, 11) is 1.35. The number of esters is 1. The molecule has 5 rings (SSSR count). The highest BCUT2D eigenvalue weighted by Gasteiger charge is 2.23. The summed E-state index contributed by atoms with van der Waals surface area (Å²) < 4.78 is 36.2. The van der Waals surface area contributed by atoms with Crippen molar-refractivity contribution >= 4 is 17.6 Å². The Bertz CT molecular complexity index is 1740. The molecule has 1 aliphatic heterocycles. The molecule has 1 aromatic heterocycles. The van der Waals surface area contributed by atoms with E-state index in [1.54, 1.807) is 23.2 Å². The molecular weight excluding hydrogens is 672 g/mol. The minimum absolute atomic E-state index is 0.200. The van der Waals surface area contributed by atoms with Crippen molar-refractivity contribution in [2.45, 2.75) is 97.8 Å². The molecule has 0 unspecified atom stereocenters. The van der Waals surface area contributed by atoms with Gasteiger partial charge in [0.25, 0.3) is 0 Å². The van der Waals surface area contributed by atoms with Crippen molar-refractivity contribution in [1.29, 1.82) is 0 Å². The number of hydrazone groups is 1. The van der Waals surface area contributed by atoms with Crippen LogP contribution < -0.4 is 19.2 Å². The first-order valence-electron chi connectivity index (χ1n) is 19.2. The average molecular weight is 727 g/mol. The summed E-state index contributed by atoms with van der Waals surface area (Å²) in [6, 6.07) is 18.5. The zero-order chi connectivity index (χ0) is 37.3. The van der Waals surface area contributed by atoms with Gasteiger partial charge in [-0.3, -0.25) is 0 Å². The Hall–Kier alpha value is -5.06. The van der Waals surface area contributed by atoms with Crippen molar-refractivity contribution in [3.8, 4) is 40.2 Å². The number of ether oxygens (including phenoxy) is 5. The summed E-state index contributed by atoms with van der Waals surface area (Å²) in [6.45, 7) is 8.56. The third-order valence-corrected chi connectivity index (χ3v) is 8.90. The minimum atomic E-state index is -0.423. The van der Waals surface area contributed by atoms with Crippen LogP contribution in [0.15, 0.2) is 70.2 Å². The van der Waals surface area contributed by atoms with Crippen LogP contribution in [0.2, 0.25) is 0 Å². The van der Waals surface area contributed by atoms with E-state index in [0.717, 1.165) is 62.6 Å². The molecule has 0 saturated carbocycles. The van der Waals surface area contributed by atoms with Gasteiger partial charge in [-0.2, -0.15) is 0 Å². The molecule has 0 fully saturated rings. The topological polar surface area (TPSA) is 118 Å². The lowest BCUT2D eigenvalue weighted by Gasteiger charge is -2.18. The second-order valence-electron chi connectivity index (χ2n) is 13.1. The van der Waals surface area contributed by atoms with Crippen LogP contribution in [0.1, 0.15) is 114 Å². The van der Waals surface area contributed by atoms with E-state index in [4.69, 9.17) is 28.1 Å². The third kappa shape index (κ3) is 11.2. The van der Waals surface area contributed by atoms with E-state index in [2.05, 4.69) is 36.1 Å². The first-order chi connectivity index (χ1) is 26.0. The summed E-state index contributed by atoms with van der Waals surface area (Å²) in [5, 5.41) is 15.3. The minimum Gasteiger partial charge on any atom is -0.490 e. The molecule has 284 valence electrons. The van der Waals surface area contributed by atoms with Gasteiger partial charge in [-0.1, -0.05) is 90.7 Å². The van der Waals surface area contributed by atoms with Crippen LogP contribution in [0.25, 0.3) is 22.9 Å². The van der Waals surface area contributed by atoms with Gasteiger partial charge in [-0.05, 0) is 67.8 Å². The van der Waals surface area contributed by atoms with Crippen LogP contribution in [-0.4, -0.2) is 55.7 Å². The molecule has 0 atom stereocenters.